The van der Waals surface area contributed by atoms with Crippen molar-refractivity contribution in [3.63, 3.8) is 0 Å². The average molecular weight is 317 g/mol. The van der Waals surface area contributed by atoms with Crippen LogP contribution in [-0.2, 0) is 0 Å². The van der Waals surface area contributed by atoms with E-state index in [1.54, 1.807) is 7.11 Å². The summed E-state index contributed by atoms with van der Waals surface area (Å²) >= 11 is 1.83. The maximum atomic E-state index is 10.4. The van der Waals surface area contributed by atoms with Crippen LogP contribution in [0.1, 0.15) is 24.9 Å². The topological polar surface area (TPSA) is 41.5 Å². The van der Waals surface area contributed by atoms with Crippen LogP contribution in [0.5, 0.6) is 5.75 Å². The van der Waals surface area contributed by atoms with E-state index in [0.29, 0.717) is 6.54 Å². The van der Waals surface area contributed by atoms with Gasteiger partial charge in [0.2, 0.25) is 0 Å². The highest BCUT2D eigenvalue weighted by Crippen LogP contribution is 2.28. The Hall–Kier alpha value is -1.23. The molecule has 0 bridgehead atoms. The van der Waals surface area contributed by atoms with Gasteiger partial charge in [-0.15, -0.1) is 0 Å². The van der Waals surface area contributed by atoms with E-state index < -0.39 is 5.60 Å². The number of fused-ring (bicyclic) bond motifs is 1. The van der Waals surface area contributed by atoms with Crippen molar-refractivity contribution in [1.82, 2.24) is 5.32 Å². The van der Waals surface area contributed by atoms with Gasteiger partial charge in [0.25, 0.3) is 0 Å². The molecule has 1 heterocycles. The average Bonchev–Trinajstić information content (AvgIpc) is 2.98. The summed E-state index contributed by atoms with van der Waals surface area (Å²) in [6.45, 7) is 2.80. The van der Waals surface area contributed by atoms with Crippen LogP contribution < -0.4 is 10.1 Å². The lowest BCUT2D eigenvalue weighted by Crippen LogP contribution is -2.41. The molecular formula is C18H23NO2S. The van der Waals surface area contributed by atoms with E-state index in [2.05, 4.69) is 42.6 Å². The molecule has 0 aromatic heterocycles. The Morgan fingerprint density at radius 3 is 2.77 bits per heavy atom. The molecule has 3 rings (SSSR count). The zero-order valence-corrected chi connectivity index (χ0v) is 14.0. The summed E-state index contributed by atoms with van der Waals surface area (Å²) in [4.78, 5) is 0. The van der Waals surface area contributed by atoms with Crippen LogP contribution in [0, 0.1) is 0 Å². The summed E-state index contributed by atoms with van der Waals surface area (Å²) < 4.78 is 5.26. The van der Waals surface area contributed by atoms with E-state index in [9.17, 15) is 5.11 Å². The Kier molecular flexibility index (Phi) is 4.62. The monoisotopic (exact) mass is 317 g/mol. The molecule has 1 aliphatic rings. The molecule has 1 aliphatic heterocycles. The van der Waals surface area contributed by atoms with Crippen LogP contribution in [0.2, 0.25) is 0 Å². The zero-order chi connectivity index (χ0) is 15.6. The van der Waals surface area contributed by atoms with Crippen LogP contribution in [-0.4, -0.2) is 35.9 Å². The molecule has 0 saturated carbocycles. The van der Waals surface area contributed by atoms with E-state index in [0.717, 1.165) is 23.7 Å². The van der Waals surface area contributed by atoms with Crippen molar-refractivity contribution in [2.24, 2.45) is 0 Å². The molecule has 118 valence electrons. The molecule has 2 aromatic rings. The lowest BCUT2D eigenvalue weighted by Gasteiger charge is -2.25. The number of rotatable bonds is 5. The first kappa shape index (κ1) is 15.7. The number of nitrogens with one attached hydrogen (secondary N) is 1. The van der Waals surface area contributed by atoms with Crippen molar-refractivity contribution in [2.45, 2.75) is 25.0 Å². The Morgan fingerprint density at radius 1 is 1.27 bits per heavy atom. The second-order valence-electron chi connectivity index (χ2n) is 6.10. The van der Waals surface area contributed by atoms with Crippen molar-refractivity contribution in [3.8, 4) is 5.75 Å². The number of thioether (sulfide) groups is 1. The highest BCUT2D eigenvalue weighted by molar-refractivity contribution is 7.99. The third-order valence-corrected chi connectivity index (χ3v) is 5.63. The molecule has 1 fully saturated rings. The minimum atomic E-state index is -0.539. The van der Waals surface area contributed by atoms with Crippen LogP contribution in [0.25, 0.3) is 10.8 Å². The van der Waals surface area contributed by atoms with Crippen LogP contribution >= 0.6 is 11.8 Å². The van der Waals surface area contributed by atoms with E-state index in [1.165, 1.54) is 16.3 Å². The number of aliphatic hydroxyl groups is 1. The Labute approximate surface area is 136 Å². The van der Waals surface area contributed by atoms with Gasteiger partial charge in [0.1, 0.15) is 5.75 Å². The predicted molar refractivity (Wildman–Crippen MR) is 93.8 cm³/mol. The largest absolute Gasteiger partial charge is 0.497 e. The van der Waals surface area contributed by atoms with E-state index in [-0.39, 0.29) is 6.04 Å². The van der Waals surface area contributed by atoms with Gasteiger partial charge in [-0.25, -0.2) is 0 Å². The van der Waals surface area contributed by atoms with Gasteiger partial charge in [0.15, 0.2) is 0 Å². The predicted octanol–water partition coefficient (Wildman–Crippen LogP) is 3.37. The van der Waals surface area contributed by atoms with Crippen LogP contribution in [0.15, 0.2) is 36.4 Å². The second-order valence-corrected chi connectivity index (χ2v) is 7.21. The van der Waals surface area contributed by atoms with Crippen LogP contribution in [0.3, 0.4) is 0 Å². The Bertz CT molecular complexity index is 653. The quantitative estimate of drug-likeness (QED) is 0.887. The summed E-state index contributed by atoms with van der Waals surface area (Å²) in [5.74, 6) is 2.78. The summed E-state index contributed by atoms with van der Waals surface area (Å²) in [5, 5.41) is 16.3. The molecule has 0 spiro atoms. The zero-order valence-electron chi connectivity index (χ0n) is 13.1. The first-order valence-corrected chi connectivity index (χ1v) is 8.86. The summed E-state index contributed by atoms with van der Waals surface area (Å²) in [6, 6.07) is 12.8. The fraction of sp³-hybridized carbons (Fsp3) is 0.444. The van der Waals surface area contributed by atoms with Crippen molar-refractivity contribution >= 4 is 22.5 Å². The smallest absolute Gasteiger partial charge is 0.119 e. The van der Waals surface area contributed by atoms with Gasteiger partial charge in [-0.2, -0.15) is 11.8 Å². The molecule has 2 N–H and O–H groups in total. The molecule has 2 aromatic carbocycles. The molecule has 0 amide bonds. The minimum Gasteiger partial charge on any atom is -0.497 e. The van der Waals surface area contributed by atoms with Crippen LogP contribution in [0.4, 0.5) is 0 Å². The highest BCUT2D eigenvalue weighted by atomic mass is 32.2. The number of benzene rings is 2. The van der Waals surface area contributed by atoms with Gasteiger partial charge in [-0.1, -0.05) is 18.2 Å². The van der Waals surface area contributed by atoms with Crippen molar-refractivity contribution in [1.29, 1.82) is 0 Å². The first-order valence-electron chi connectivity index (χ1n) is 7.71. The Balaban J connectivity index is 1.72. The maximum Gasteiger partial charge on any atom is 0.119 e. The Morgan fingerprint density at radius 2 is 2.05 bits per heavy atom. The number of hydrogen-bond acceptors (Lipinski definition) is 4. The summed E-state index contributed by atoms with van der Waals surface area (Å²) in [6.07, 6.45) is 0.884. The molecule has 2 atom stereocenters. The van der Waals surface area contributed by atoms with Gasteiger partial charge >= 0.3 is 0 Å². The van der Waals surface area contributed by atoms with E-state index >= 15 is 0 Å². The fourth-order valence-electron chi connectivity index (χ4n) is 2.84. The first-order chi connectivity index (χ1) is 10.6. The van der Waals surface area contributed by atoms with Crippen molar-refractivity contribution in [2.75, 3.05) is 25.2 Å². The van der Waals surface area contributed by atoms with Gasteiger partial charge in [-0.05, 0) is 53.6 Å². The van der Waals surface area contributed by atoms with E-state index in [4.69, 9.17) is 4.74 Å². The minimum absolute atomic E-state index is 0.223. The van der Waals surface area contributed by atoms with E-state index in [1.807, 2.05) is 17.8 Å². The third-order valence-electron chi connectivity index (χ3n) is 4.39. The lowest BCUT2D eigenvalue weighted by atomic mass is 10.0. The molecule has 3 nitrogen and oxygen atoms in total. The van der Waals surface area contributed by atoms with Crippen molar-refractivity contribution in [3.05, 3.63) is 42.0 Å². The number of methoxy groups -OCH3 is 1. The molecule has 0 radical (unpaired) electrons. The van der Waals surface area contributed by atoms with Gasteiger partial charge in [0, 0.05) is 18.3 Å². The normalized spacial score (nSPS) is 22.9. The van der Waals surface area contributed by atoms with Crippen molar-refractivity contribution < 1.29 is 9.84 Å². The van der Waals surface area contributed by atoms with Gasteiger partial charge in [0.05, 0.1) is 12.7 Å². The standard InChI is InChI=1S/C18H23NO2S/c1-13(19-11-18(20)7-8-22-12-18)14-3-4-16-10-17(21-2)6-5-15(16)9-14/h3-6,9-10,13,19-20H,7-8,11-12H2,1-2H3. The summed E-state index contributed by atoms with van der Waals surface area (Å²) in [5.41, 5.74) is 0.704. The highest BCUT2D eigenvalue weighted by Gasteiger charge is 2.31. The molecule has 1 saturated heterocycles. The number of hydrogen-bond donors (Lipinski definition) is 2. The second kappa shape index (κ2) is 6.49. The molecule has 22 heavy (non-hydrogen) atoms. The lowest BCUT2D eigenvalue weighted by molar-refractivity contribution is 0.0651. The van der Waals surface area contributed by atoms with Gasteiger partial charge in [-0.3, -0.25) is 0 Å². The SMILES string of the molecule is COc1ccc2cc(C(C)NCC3(O)CCSC3)ccc2c1. The fourth-order valence-corrected chi connectivity index (χ4v) is 4.13. The maximum absolute atomic E-state index is 10.4. The molecule has 4 heteroatoms. The van der Waals surface area contributed by atoms with Gasteiger partial charge < -0.3 is 15.2 Å². The summed E-state index contributed by atoms with van der Waals surface area (Å²) in [7, 11) is 1.69. The molecule has 2 unspecified atom stereocenters. The third kappa shape index (κ3) is 3.40. The molecule has 0 aliphatic carbocycles. The molecular weight excluding hydrogens is 294 g/mol. The number of ether oxygens (including phenoxy) is 1.